The van der Waals surface area contributed by atoms with Crippen LogP contribution in [-0.2, 0) is 16.1 Å². The van der Waals surface area contributed by atoms with Gasteiger partial charge in [-0.1, -0.05) is 42.5 Å². The highest BCUT2D eigenvalue weighted by molar-refractivity contribution is 5.84. The van der Waals surface area contributed by atoms with Crippen LogP contribution >= 0.6 is 0 Å². The lowest BCUT2D eigenvalue weighted by molar-refractivity contribution is -0.385. The predicted octanol–water partition coefficient (Wildman–Crippen LogP) is 3.69. The number of halogens is 1. The molecule has 3 N–H and O–H groups in total. The second-order valence-electron chi connectivity index (χ2n) is 9.79. The molecule has 10 heteroatoms. The summed E-state index contributed by atoms with van der Waals surface area (Å²) in [5, 5.41) is 35.4. The molecule has 0 aromatic heterocycles. The van der Waals surface area contributed by atoms with Gasteiger partial charge in [0, 0.05) is 30.6 Å². The predicted molar refractivity (Wildman–Crippen MR) is 131 cm³/mol. The fourth-order valence-electron chi connectivity index (χ4n) is 5.68. The number of nitro benzene ring substituents is 1. The molecule has 1 aliphatic heterocycles. The molecule has 194 valence electrons. The van der Waals surface area contributed by atoms with Crippen LogP contribution in [0.1, 0.15) is 37.3 Å². The van der Waals surface area contributed by atoms with Crippen molar-refractivity contribution in [1.29, 1.82) is 0 Å². The maximum atomic E-state index is 14.2. The number of benzene rings is 2. The van der Waals surface area contributed by atoms with Crippen molar-refractivity contribution < 1.29 is 29.1 Å². The Morgan fingerprint density at radius 1 is 1.14 bits per heavy atom. The molecular weight excluding hydrogens is 469 g/mol. The standard InChI is InChI=1S/C26H32FN3O6/c1-17-26(24(33)34,12-13-29(3)16-18-8-5-4-6-9-18)22(19-10-7-11-20(14-19)30(35)36)25(2,23(31)32)21(15-27)28-17/h4-11,14,17,21-22,28H,12-13,15-16H2,1-3H3,(H,31,32)(H,33,34). The number of nitrogens with zero attached hydrogens (tertiary/aromatic N) is 2. The van der Waals surface area contributed by atoms with Crippen LogP contribution in [0.5, 0.6) is 0 Å². The van der Waals surface area contributed by atoms with E-state index >= 15 is 0 Å². The molecule has 0 radical (unpaired) electrons. The summed E-state index contributed by atoms with van der Waals surface area (Å²) in [4.78, 5) is 38.6. The fraction of sp³-hybridized carbons (Fsp3) is 0.462. The van der Waals surface area contributed by atoms with Crippen LogP contribution in [0.3, 0.4) is 0 Å². The van der Waals surface area contributed by atoms with E-state index in [9.17, 15) is 34.3 Å². The van der Waals surface area contributed by atoms with Gasteiger partial charge in [0.1, 0.15) is 6.67 Å². The molecule has 5 unspecified atom stereocenters. The van der Waals surface area contributed by atoms with Gasteiger partial charge in [-0.25, -0.2) is 4.39 Å². The van der Waals surface area contributed by atoms with Crippen molar-refractivity contribution in [2.24, 2.45) is 10.8 Å². The largest absolute Gasteiger partial charge is 0.481 e. The molecule has 0 saturated carbocycles. The van der Waals surface area contributed by atoms with E-state index in [1.807, 2.05) is 42.3 Å². The molecule has 3 rings (SSSR count). The van der Waals surface area contributed by atoms with Crippen LogP contribution in [0.4, 0.5) is 10.1 Å². The van der Waals surface area contributed by atoms with Crippen LogP contribution in [0, 0.1) is 20.9 Å². The first kappa shape index (κ1) is 27.2. The van der Waals surface area contributed by atoms with Gasteiger partial charge in [0.25, 0.3) is 5.69 Å². The van der Waals surface area contributed by atoms with Gasteiger partial charge in [0.15, 0.2) is 0 Å². The van der Waals surface area contributed by atoms with E-state index in [0.29, 0.717) is 13.1 Å². The van der Waals surface area contributed by atoms with Crippen LogP contribution in [0.25, 0.3) is 0 Å². The van der Waals surface area contributed by atoms with Crippen molar-refractivity contribution in [3.63, 3.8) is 0 Å². The van der Waals surface area contributed by atoms with Gasteiger partial charge >= 0.3 is 11.9 Å². The summed E-state index contributed by atoms with van der Waals surface area (Å²) >= 11 is 0. The average molecular weight is 502 g/mol. The summed E-state index contributed by atoms with van der Waals surface area (Å²) in [5.41, 5.74) is -2.66. The number of aliphatic carboxylic acids is 2. The van der Waals surface area contributed by atoms with Gasteiger partial charge < -0.3 is 20.4 Å². The Hall–Kier alpha value is -3.37. The Bertz CT molecular complexity index is 1120. The highest BCUT2D eigenvalue weighted by atomic mass is 19.1. The molecule has 1 saturated heterocycles. The third-order valence-corrected chi connectivity index (χ3v) is 7.69. The molecule has 9 nitrogen and oxygen atoms in total. The Morgan fingerprint density at radius 3 is 2.36 bits per heavy atom. The second kappa shape index (κ2) is 10.7. The highest BCUT2D eigenvalue weighted by Gasteiger charge is 2.66. The van der Waals surface area contributed by atoms with Crippen LogP contribution in [-0.4, -0.2) is 64.3 Å². The van der Waals surface area contributed by atoms with Gasteiger partial charge in [0.05, 0.1) is 21.8 Å². The van der Waals surface area contributed by atoms with Crippen molar-refractivity contribution in [1.82, 2.24) is 10.2 Å². The maximum absolute atomic E-state index is 14.2. The van der Waals surface area contributed by atoms with Gasteiger partial charge in [0.2, 0.25) is 0 Å². The number of hydrogen-bond acceptors (Lipinski definition) is 6. The summed E-state index contributed by atoms with van der Waals surface area (Å²) in [7, 11) is 1.84. The first-order valence-corrected chi connectivity index (χ1v) is 11.7. The minimum atomic E-state index is -1.90. The number of carboxylic acid groups (broad SMARTS) is 2. The lowest BCUT2D eigenvalue weighted by Gasteiger charge is -2.56. The summed E-state index contributed by atoms with van der Waals surface area (Å²) in [6.07, 6.45) is 0.0368. The smallest absolute Gasteiger partial charge is 0.311 e. The molecule has 36 heavy (non-hydrogen) atoms. The quantitative estimate of drug-likeness (QED) is 0.332. The maximum Gasteiger partial charge on any atom is 0.311 e. The zero-order valence-electron chi connectivity index (χ0n) is 20.6. The normalized spacial score (nSPS) is 28.1. The van der Waals surface area contributed by atoms with E-state index in [2.05, 4.69) is 5.32 Å². The molecule has 2 aromatic rings. The molecule has 1 fully saturated rings. The molecule has 1 aliphatic rings. The van der Waals surface area contributed by atoms with Crippen molar-refractivity contribution in [3.05, 3.63) is 75.8 Å². The zero-order chi connectivity index (χ0) is 26.7. The SMILES string of the molecule is CC1NC(CF)C(C)(C(=O)O)C(c2cccc([N+](=O)[O-])c2)C1(CCN(C)Cc1ccccc1)C(=O)O. The summed E-state index contributed by atoms with van der Waals surface area (Å²) in [5.74, 6) is -3.86. The van der Waals surface area contributed by atoms with Crippen LogP contribution in [0.15, 0.2) is 54.6 Å². The monoisotopic (exact) mass is 501 g/mol. The fourth-order valence-corrected chi connectivity index (χ4v) is 5.68. The van der Waals surface area contributed by atoms with E-state index in [4.69, 9.17) is 0 Å². The molecule has 5 atom stereocenters. The Kier molecular flexibility index (Phi) is 8.10. The molecule has 0 spiro atoms. The van der Waals surface area contributed by atoms with E-state index in [1.165, 1.54) is 31.2 Å². The third kappa shape index (κ3) is 4.83. The lowest BCUT2D eigenvalue weighted by Crippen LogP contribution is -2.70. The minimum absolute atomic E-state index is 0.0368. The number of carboxylic acids is 2. The zero-order valence-corrected chi connectivity index (χ0v) is 20.6. The van der Waals surface area contributed by atoms with E-state index in [1.54, 1.807) is 6.92 Å². The number of carbonyl (C=O) groups is 2. The van der Waals surface area contributed by atoms with E-state index < -0.39 is 52.4 Å². The number of alkyl halides is 1. The van der Waals surface area contributed by atoms with Crippen molar-refractivity contribution in [3.8, 4) is 0 Å². The average Bonchev–Trinajstić information content (AvgIpc) is 2.84. The first-order valence-electron chi connectivity index (χ1n) is 11.7. The minimum Gasteiger partial charge on any atom is -0.481 e. The summed E-state index contributed by atoms with van der Waals surface area (Å²) < 4.78 is 14.2. The Morgan fingerprint density at radius 2 is 1.81 bits per heavy atom. The number of piperidine rings is 1. The van der Waals surface area contributed by atoms with Crippen LogP contribution in [0.2, 0.25) is 0 Å². The topological polar surface area (TPSA) is 133 Å². The number of non-ortho nitro benzene ring substituents is 1. The number of hydrogen-bond donors (Lipinski definition) is 3. The summed E-state index contributed by atoms with van der Waals surface area (Å²) in [6, 6.07) is 13.0. The second-order valence-corrected chi connectivity index (χ2v) is 9.79. The number of rotatable bonds is 10. The Labute approximate surface area is 209 Å². The molecule has 2 aromatic carbocycles. The number of nitro groups is 1. The Balaban J connectivity index is 2.13. The summed E-state index contributed by atoms with van der Waals surface area (Å²) in [6.45, 7) is 2.74. The van der Waals surface area contributed by atoms with Crippen LogP contribution < -0.4 is 5.32 Å². The molecule has 0 bridgehead atoms. The first-order chi connectivity index (χ1) is 17.0. The van der Waals surface area contributed by atoms with Crippen molar-refractivity contribution in [2.45, 2.75) is 44.8 Å². The van der Waals surface area contributed by atoms with Gasteiger partial charge in [-0.15, -0.1) is 0 Å². The third-order valence-electron chi connectivity index (χ3n) is 7.69. The molecule has 1 heterocycles. The van der Waals surface area contributed by atoms with E-state index in [0.717, 1.165) is 5.56 Å². The highest BCUT2D eigenvalue weighted by Crippen LogP contribution is 2.57. The number of nitrogens with one attached hydrogen (secondary N) is 1. The molecule has 0 aliphatic carbocycles. The van der Waals surface area contributed by atoms with Gasteiger partial charge in [-0.05, 0) is 45.0 Å². The van der Waals surface area contributed by atoms with E-state index in [-0.39, 0.29) is 17.7 Å². The lowest BCUT2D eigenvalue weighted by atomic mass is 9.51. The van der Waals surface area contributed by atoms with Crippen molar-refractivity contribution >= 4 is 17.6 Å². The molecular formula is C26H32FN3O6. The van der Waals surface area contributed by atoms with Crippen molar-refractivity contribution in [2.75, 3.05) is 20.3 Å². The molecule has 0 amide bonds. The van der Waals surface area contributed by atoms with Gasteiger partial charge in [-0.3, -0.25) is 19.7 Å². The van der Waals surface area contributed by atoms with Gasteiger partial charge in [-0.2, -0.15) is 0 Å².